The molecule has 498 valence electrons. The van der Waals surface area contributed by atoms with Crippen molar-refractivity contribution in [1.82, 2.24) is 35.1 Å². The molecule has 0 saturated carbocycles. The van der Waals surface area contributed by atoms with E-state index in [4.69, 9.17) is 14.2 Å². The number of likely N-dealkylation sites (tertiary alicyclic amines) is 3. The molecule has 1 spiro atoms. The van der Waals surface area contributed by atoms with Crippen LogP contribution in [0.1, 0.15) is 119 Å². The number of amides is 4. The van der Waals surface area contributed by atoms with Crippen molar-refractivity contribution in [2.24, 2.45) is 5.92 Å². The van der Waals surface area contributed by atoms with Gasteiger partial charge in [-0.15, -0.1) is 22.7 Å². The summed E-state index contributed by atoms with van der Waals surface area (Å²) in [5, 5.41) is 21.2. The maximum Gasteiger partial charge on any atom is 0.416 e. The van der Waals surface area contributed by atoms with Crippen LogP contribution in [0.4, 0.5) is 30.7 Å². The fourth-order valence-electron chi connectivity index (χ4n) is 13.6. The van der Waals surface area contributed by atoms with Gasteiger partial charge in [0.25, 0.3) is 5.91 Å². The van der Waals surface area contributed by atoms with E-state index in [0.29, 0.717) is 118 Å². The Hall–Kier alpha value is -6.32. The molecule has 3 N–H and O–H groups in total. The van der Waals surface area contributed by atoms with Gasteiger partial charge in [0.1, 0.15) is 30.9 Å². The monoisotopic (exact) mass is 1320 g/mol. The van der Waals surface area contributed by atoms with Crippen LogP contribution in [0.2, 0.25) is 0 Å². The highest BCUT2D eigenvalue weighted by Gasteiger charge is 2.51. The minimum atomic E-state index is -5.15. The Bertz CT molecular complexity index is 3240. The van der Waals surface area contributed by atoms with Gasteiger partial charge in [0.15, 0.2) is 0 Å². The Balaban J connectivity index is 0.592. The molecule has 4 amide bonds. The average Bonchev–Trinajstić information content (AvgIpc) is 1.58. The third-order valence-electron chi connectivity index (χ3n) is 19.0. The van der Waals surface area contributed by atoms with E-state index in [9.17, 15) is 59.8 Å². The van der Waals surface area contributed by atoms with Crippen molar-refractivity contribution in [1.29, 1.82) is 0 Å². The zero-order valence-corrected chi connectivity index (χ0v) is 53.2. The van der Waals surface area contributed by atoms with E-state index < -0.39 is 70.1 Å². The largest absolute Gasteiger partial charge is 0.458 e. The number of carbonyl (C=O) groups excluding carboxylic acids is 5. The summed E-state index contributed by atoms with van der Waals surface area (Å²) >= 11 is 2.62. The molecule has 10 rings (SSSR count). The lowest BCUT2D eigenvalue weighted by Crippen LogP contribution is -2.49. The maximum absolute atomic E-state index is 14.2. The van der Waals surface area contributed by atoms with E-state index in [-0.39, 0.29) is 61.5 Å². The van der Waals surface area contributed by atoms with Crippen LogP contribution in [0.15, 0.2) is 102 Å². The lowest BCUT2D eigenvalue weighted by molar-refractivity contribution is -0.166. The van der Waals surface area contributed by atoms with E-state index in [1.807, 2.05) is 29.9 Å². The van der Waals surface area contributed by atoms with Crippen LogP contribution in [0.3, 0.4) is 0 Å². The van der Waals surface area contributed by atoms with Crippen molar-refractivity contribution in [3.8, 4) is 0 Å². The van der Waals surface area contributed by atoms with Crippen molar-refractivity contribution in [3.63, 3.8) is 0 Å². The molecule has 3 atom stereocenters. The molecule has 1 aliphatic carbocycles. The van der Waals surface area contributed by atoms with Crippen molar-refractivity contribution in [2.45, 2.75) is 118 Å². The molecule has 0 radical (unpaired) electrons. The molecule has 2 aromatic heterocycles. The number of rotatable bonds is 26. The lowest BCUT2D eigenvalue weighted by atomic mass is 9.72. The first-order chi connectivity index (χ1) is 44.0. The Labute approximate surface area is 539 Å². The van der Waals surface area contributed by atoms with Gasteiger partial charge >= 0.3 is 18.3 Å². The minimum Gasteiger partial charge on any atom is -0.458 e. The molecule has 4 fully saturated rings. The molecule has 4 aliphatic heterocycles. The summed E-state index contributed by atoms with van der Waals surface area (Å²) in [6.45, 7) is 6.69. The number of thiophene rings is 2. The van der Waals surface area contributed by atoms with Gasteiger partial charge in [0.2, 0.25) is 23.3 Å². The van der Waals surface area contributed by atoms with E-state index in [1.165, 1.54) is 46.9 Å². The molecule has 92 heavy (non-hydrogen) atoms. The van der Waals surface area contributed by atoms with Gasteiger partial charge < -0.3 is 49.6 Å². The Morgan fingerprint density at radius 1 is 0.739 bits per heavy atom. The van der Waals surface area contributed by atoms with Gasteiger partial charge in [0.05, 0.1) is 33.5 Å². The SMILES string of the molecule is CN(CCN1CC[C@@H](OC(=O)C(O)(c2cccs2)c2cccs2)C1)C(=O)CCCCCN1CCC(C(=O)NCCCNC(=O)COC2Cc3ccccc3C23CCN(CC[C@@]2(c4ccc(F)cc4)CN(C(=O)c4cc(C(F)(F)F)cc(C(F)(F)F)c4)CO2)CC3)CC1. The number of benzene rings is 3. The third-order valence-corrected chi connectivity index (χ3v) is 21.0. The number of alkyl halides is 6. The van der Waals surface area contributed by atoms with Crippen molar-refractivity contribution < 1.29 is 74.0 Å². The molecular weight excluding hydrogens is 1240 g/mol. The van der Waals surface area contributed by atoms with Crippen LogP contribution in [-0.2, 0) is 68.8 Å². The summed E-state index contributed by atoms with van der Waals surface area (Å²) in [6, 6.07) is 21.5. The molecule has 5 aliphatic rings. The third kappa shape index (κ3) is 16.4. The predicted octanol–water partition coefficient (Wildman–Crippen LogP) is 9.58. The molecule has 4 saturated heterocycles. The molecule has 0 bridgehead atoms. The maximum atomic E-state index is 14.2. The highest BCUT2D eigenvalue weighted by molar-refractivity contribution is 7.12. The van der Waals surface area contributed by atoms with E-state index in [1.54, 1.807) is 29.2 Å². The first-order valence-electron chi connectivity index (χ1n) is 31.7. The number of aliphatic hydroxyl groups is 1. The second-order valence-corrected chi connectivity index (χ2v) is 26.9. The van der Waals surface area contributed by atoms with Gasteiger partial charge in [-0.1, -0.05) is 55.0 Å². The summed E-state index contributed by atoms with van der Waals surface area (Å²) in [4.78, 5) is 77.2. The number of esters is 1. The molecule has 5 aromatic rings. The summed E-state index contributed by atoms with van der Waals surface area (Å²) in [5.41, 5.74) is -4.69. The number of nitrogens with zero attached hydrogens (tertiary/aromatic N) is 5. The number of carbonyl (C=O) groups is 5. The van der Waals surface area contributed by atoms with Gasteiger partial charge in [-0.2, -0.15) is 26.3 Å². The lowest BCUT2D eigenvalue weighted by Gasteiger charge is -2.44. The Morgan fingerprint density at radius 3 is 2.05 bits per heavy atom. The van der Waals surface area contributed by atoms with Crippen LogP contribution in [-0.4, -0.2) is 177 Å². The Kier molecular flexibility index (Phi) is 22.3. The normalized spacial score (nSPS) is 20.8. The Morgan fingerprint density at radius 2 is 1.39 bits per heavy atom. The molecule has 1 unspecified atom stereocenters. The van der Waals surface area contributed by atoms with Crippen LogP contribution in [0.25, 0.3) is 0 Å². The van der Waals surface area contributed by atoms with Gasteiger partial charge in [-0.25, -0.2) is 9.18 Å². The first-order valence-corrected chi connectivity index (χ1v) is 33.4. The van der Waals surface area contributed by atoms with Crippen LogP contribution >= 0.6 is 22.7 Å². The van der Waals surface area contributed by atoms with Crippen molar-refractivity contribution in [2.75, 3.05) is 105 Å². The number of hydrogen-bond donors (Lipinski definition) is 3. The fraction of sp³-hybridized carbons (Fsp3) is 0.537. The number of hydrogen-bond acceptors (Lipinski definition) is 14. The average molecular weight is 1320 g/mol. The number of ether oxygens (including phenoxy) is 3. The quantitative estimate of drug-likeness (QED) is 0.0272. The van der Waals surface area contributed by atoms with E-state index >= 15 is 0 Å². The molecule has 16 nitrogen and oxygen atoms in total. The molecule has 6 heterocycles. The summed E-state index contributed by atoms with van der Waals surface area (Å²) < 4.78 is 115. The highest BCUT2D eigenvalue weighted by Crippen LogP contribution is 2.49. The number of halogens is 7. The van der Waals surface area contributed by atoms with Crippen LogP contribution in [0.5, 0.6) is 0 Å². The standard InChI is InChI=1S/C67H80F7N7O9S2/c1-77(34-35-80-30-21-53(42-80)90-62(86)65(87,56-12-7-36-91-56)57-13-8-37-92-57)59(83)14-3-2-6-27-78-28-19-46(20-29-78)60(84)76-26-9-25-75-58(82)43-88-55-40-47-10-4-5-11-54(47)63(55)22-31-79(32-23-63)33-24-64(49-15-17-52(68)18-16-49)44-81(45-89-64)61(85)48-38-50(66(69,70)71)41-51(39-48)67(72,73)74/h4-5,7-8,10-13,15-18,36-39,41,46,53,55,87H,2-3,6,9,14,19-35,40,42-45H2,1H3,(H,75,82)(H,76,84)/t53-,55?,64+/m1/s1. The number of nitrogens with one attached hydrogen (secondary N) is 2. The smallest absolute Gasteiger partial charge is 0.416 e. The van der Waals surface area contributed by atoms with E-state index in [2.05, 4.69) is 37.5 Å². The number of piperidine rings is 2. The number of likely N-dealkylation sites (N-methyl/N-ethyl adjacent to an activating group) is 1. The first kappa shape index (κ1) is 68.5. The molecule has 3 aromatic carbocycles. The number of unbranched alkanes of at least 4 members (excludes halogenated alkanes) is 2. The van der Waals surface area contributed by atoms with Crippen molar-refractivity contribution >= 4 is 52.3 Å². The molecule has 25 heteroatoms. The van der Waals surface area contributed by atoms with Gasteiger partial charge in [-0.05, 0) is 167 Å². The van der Waals surface area contributed by atoms with Gasteiger partial charge in [0, 0.05) is 76.2 Å². The second kappa shape index (κ2) is 30.0. The van der Waals surface area contributed by atoms with E-state index in [0.717, 1.165) is 74.3 Å². The predicted molar refractivity (Wildman–Crippen MR) is 332 cm³/mol. The summed E-state index contributed by atoms with van der Waals surface area (Å²) in [5.74, 6) is -2.50. The zero-order valence-electron chi connectivity index (χ0n) is 51.6. The minimum absolute atomic E-state index is 0.0166. The fourth-order valence-corrected chi connectivity index (χ4v) is 15.3. The van der Waals surface area contributed by atoms with Gasteiger partial charge in [-0.3, -0.25) is 24.1 Å². The van der Waals surface area contributed by atoms with Crippen LogP contribution in [0, 0.1) is 11.7 Å². The highest BCUT2D eigenvalue weighted by atomic mass is 32.1. The second-order valence-electron chi connectivity index (χ2n) is 25.0. The zero-order chi connectivity index (χ0) is 65.3. The summed E-state index contributed by atoms with van der Waals surface area (Å²) in [6.07, 6.45) is -2.83. The molecular formula is C67H80F7N7O9S2. The topological polar surface area (TPSA) is 174 Å². The number of fused-ring (bicyclic) bond motifs is 2. The van der Waals surface area contributed by atoms with Crippen LogP contribution < -0.4 is 10.6 Å². The van der Waals surface area contributed by atoms with Crippen molar-refractivity contribution in [3.05, 3.63) is 151 Å². The summed E-state index contributed by atoms with van der Waals surface area (Å²) in [7, 11) is 1.82.